The van der Waals surface area contributed by atoms with Crippen molar-refractivity contribution in [1.82, 2.24) is 10.6 Å². The topological polar surface area (TPSA) is 50.4 Å². The first kappa shape index (κ1) is 15.0. The Bertz CT molecular complexity index is 414. The van der Waals surface area contributed by atoms with Crippen LogP contribution >= 0.6 is 0 Å². The predicted octanol–water partition coefficient (Wildman–Crippen LogP) is 1.71. The molecule has 1 amide bonds. The van der Waals surface area contributed by atoms with E-state index < -0.39 is 0 Å². The normalized spacial score (nSPS) is 17.6. The molecule has 4 nitrogen and oxygen atoms in total. The van der Waals surface area contributed by atoms with Gasteiger partial charge >= 0.3 is 0 Å². The molecule has 1 aliphatic heterocycles. The van der Waals surface area contributed by atoms with E-state index in [9.17, 15) is 4.79 Å². The Morgan fingerprint density at radius 1 is 1.30 bits per heavy atom. The van der Waals surface area contributed by atoms with E-state index in [1.807, 2.05) is 30.3 Å². The molecule has 0 saturated carbocycles. The maximum absolute atomic E-state index is 11.8. The van der Waals surface area contributed by atoms with Crippen molar-refractivity contribution in [3.8, 4) is 0 Å². The molecule has 4 heteroatoms. The summed E-state index contributed by atoms with van der Waals surface area (Å²) in [6.45, 7) is 5.66. The van der Waals surface area contributed by atoms with Crippen LogP contribution in [0.25, 0.3) is 0 Å². The lowest BCUT2D eigenvalue weighted by Crippen LogP contribution is -2.43. The second-order valence-electron chi connectivity index (χ2n) is 5.82. The third-order valence-corrected chi connectivity index (χ3v) is 3.87. The lowest BCUT2D eigenvalue weighted by Gasteiger charge is -2.34. The predicted molar refractivity (Wildman–Crippen MR) is 79.3 cm³/mol. The van der Waals surface area contributed by atoms with Crippen LogP contribution < -0.4 is 10.6 Å². The van der Waals surface area contributed by atoms with Gasteiger partial charge in [0, 0.05) is 6.54 Å². The van der Waals surface area contributed by atoms with Crippen LogP contribution in [0.4, 0.5) is 0 Å². The van der Waals surface area contributed by atoms with Crippen LogP contribution in [-0.2, 0) is 16.1 Å². The van der Waals surface area contributed by atoms with Gasteiger partial charge in [0.25, 0.3) is 0 Å². The zero-order valence-electron chi connectivity index (χ0n) is 12.2. The number of carbonyl (C=O) groups is 1. The summed E-state index contributed by atoms with van der Waals surface area (Å²) in [5, 5.41) is 6.33. The molecule has 1 aliphatic rings. The maximum atomic E-state index is 11.8. The number of hydrogen-bond acceptors (Lipinski definition) is 3. The monoisotopic (exact) mass is 276 g/mol. The Morgan fingerprint density at radius 3 is 2.70 bits per heavy atom. The van der Waals surface area contributed by atoms with Gasteiger partial charge in [0.05, 0.1) is 6.61 Å². The van der Waals surface area contributed by atoms with Crippen LogP contribution in [0.1, 0.15) is 25.3 Å². The van der Waals surface area contributed by atoms with Gasteiger partial charge in [-0.1, -0.05) is 37.3 Å². The molecule has 20 heavy (non-hydrogen) atoms. The molecule has 2 rings (SSSR count). The standard InChI is InChI=1S/C16H24N2O2/c1-16(7-9-17-10-8-16)13-18-15(19)12-20-11-14-5-3-2-4-6-14/h2-6,17H,7-13H2,1H3,(H,18,19). The average molecular weight is 276 g/mol. The molecule has 0 radical (unpaired) electrons. The average Bonchev–Trinajstić information content (AvgIpc) is 2.47. The Hall–Kier alpha value is -1.39. The molecule has 1 heterocycles. The molecule has 1 aromatic carbocycles. The summed E-state index contributed by atoms with van der Waals surface area (Å²) < 4.78 is 5.43. The minimum absolute atomic E-state index is 0.0271. The highest BCUT2D eigenvalue weighted by Crippen LogP contribution is 2.26. The van der Waals surface area contributed by atoms with Crippen LogP contribution in [0.15, 0.2) is 30.3 Å². The van der Waals surface area contributed by atoms with Crippen molar-refractivity contribution in [2.75, 3.05) is 26.2 Å². The van der Waals surface area contributed by atoms with Gasteiger partial charge < -0.3 is 15.4 Å². The summed E-state index contributed by atoms with van der Waals surface area (Å²) >= 11 is 0. The highest BCUT2D eigenvalue weighted by atomic mass is 16.5. The molecule has 0 bridgehead atoms. The molecule has 2 N–H and O–H groups in total. The van der Waals surface area contributed by atoms with E-state index in [0.717, 1.165) is 38.0 Å². The number of amides is 1. The molecular weight excluding hydrogens is 252 g/mol. The Kier molecular flexibility index (Phi) is 5.56. The van der Waals surface area contributed by atoms with E-state index in [1.165, 1.54) is 0 Å². The molecule has 0 atom stereocenters. The van der Waals surface area contributed by atoms with Crippen molar-refractivity contribution in [1.29, 1.82) is 0 Å². The quantitative estimate of drug-likeness (QED) is 0.831. The van der Waals surface area contributed by atoms with Crippen LogP contribution in [0.3, 0.4) is 0 Å². The third kappa shape index (κ3) is 4.94. The molecular formula is C16H24N2O2. The highest BCUT2D eigenvalue weighted by molar-refractivity contribution is 5.77. The summed E-state index contributed by atoms with van der Waals surface area (Å²) in [6, 6.07) is 9.89. The number of nitrogens with one attached hydrogen (secondary N) is 2. The van der Waals surface area contributed by atoms with E-state index in [-0.39, 0.29) is 17.9 Å². The SMILES string of the molecule is CC1(CNC(=O)COCc2ccccc2)CCNCC1. The largest absolute Gasteiger partial charge is 0.367 e. The lowest BCUT2D eigenvalue weighted by molar-refractivity contribution is -0.126. The first-order chi connectivity index (χ1) is 9.68. The first-order valence-electron chi connectivity index (χ1n) is 7.27. The van der Waals surface area contributed by atoms with Crippen molar-refractivity contribution in [3.05, 3.63) is 35.9 Å². The van der Waals surface area contributed by atoms with Gasteiger partial charge in [-0.25, -0.2) is 0 Å². The van der Waals surface area contributed by atoms with Crippen LogP contribution in [0.5, 0.6) is 0 Å². The summed E-state index contributed by atoms with van der Waals surface area (Å²) in [5.74, 6) is -0.0271. The highest BCUT2D eigenvalue weighted by Gasteiger charge is 2.26. The second kappa shape index (κ2) is 7.41. The Balaban J connectivity index is 1.63. The minimum atomic E-state index is -0.0271. The van der Waals surface area contributed by atoms with Gasteiger partial charge in [-0.15, -0.1) is 0 Å². The van der Waals surface area contributed by atoms with Crippen molar-refractivity contribution < 1.29 is 9.53 Å². The fraction of sp³-hybridized carbons (Fsp3) is 0.562. The van der Waals surface area contributed by atoms with Crippen LogP contribution in [0.2, 0.25) is 0 Å². The molecule has 0 aliphatic carbocycles. The van der Waals surface area contributed by atoms with Crippen molar-refractivity contribution in [2.45, 2.75) is 26.4 Å². The summed E-state index contributed by atoms with van der Waals surface area (Å²) in [5.41, 5.74) is 1.31. The molecule has 1 fully saturated rings. The Labute approximate surface area is 120 Å². The van der Waals surface area contributed by atoms with Gasteiger partial charge in [-0.05, 0) is 36.9 Å². The van der Waals surface area contributed by atoms with E-state index in [0.29, 0.717) is 6.61 Å². The van der Waals surface area contributed by atoms with Gasteiger partial charge in [-0.2, -0.15) is 0 Å². The summed E-state index contributed by atoms with van der Waals surface area (Å²) in [6.07, 6.45) is 2.22. The summed E-state index contributed by atoms with van der Waals surface area (Å²) in [7, 11) is 0. The van der Waals surface area contributed by atoms with E-state index >= 15 is 0 Å². The van der Waals surface area contributed by atoms with Crippen molar-refractivity contribution in [2.24, 2.45) is 5.41 Å². The number of carbonyl (C=O) groups excluding carboxylic acids is 1. The molecule has 1 aromatic rings. The third-order valence-electron chi connectivity index (χ3n) is 3.87. The summed E-state index contributed by atoms with van der Waals surface area (Å²) in [4.78, 5) is 11.8. The smallest absolute Gasteiger partial charge is 0.246 e. The van der Waals surface area contributed by atoms with Gasteiger partial charge in [-0.3, -0.25) is 4.79 Å². The number of piperidine rings is 1. The zero-order valence-corrected chi connectivity index (χ0v) is 12.2. The van der Waals surface area contributed by atoms with Gasteiger partial charge in [0.2, 0.25) is 5.91 Å². The molecule has 0 spiro atoms. The number of benzene rings is 1. The van der Waals surface area contributed by atoms with Crippen LogP contribution in [-0.4, -0.2) is 32.1 Å². The van der Waals surface area contributed by atoms with Crippen molar-refractivity contribution >= 4 is 5.91 Å². The maximum Gasteiger partial charge on any atom is 0.246 e. The van der Waals surface area contributed by atoms with Crippen LogP contribution in [0, 0.1) is 5.41 Å². The molecule has 0 unspecified atom stereocenters. The van der Waals surface area contributed by atoms with E-state index in [4.69, 9.17) is 4.74 Å². The van der Waals surface area contributed by atoms with Crippen molar-refractivity contribution in [3.63, 3.8) is 0 Å². The number of rotatable bonds is 6. The Morgan fingerprint density at radius 2 is 2.00 bits per heavy atom. The molecule has 0 aromatic heterocycles. The first-order valence-corrected chi connectivity index (χ1v) is 7.27. The lowest BCUT2D eigenvalue weighted by atomic mass is 9.81. The van der Waals surface area contributed by atoms with E-state index in [2.05, 4.69) is 17.6 Å². The molecule has 110 valence electrons. The van der Waals surface area contributed by atoms with E-state index in [1.54, 1.807) is 0 Å². The number of ether oxygens (including phenoxy) is 1. The fourth-order valence-electron chi connectivity index (χ4n) is 2.41. The minimum Gasteiger partial charge on any atom is -0.367 e. The number of hydrogen-bond donors (Lipinski definition) is 2. The zero-order chi connectivity index (χ0) is 14.3. The molecule has 1 saturated heterocycles. The second-order valence-corrected chi connectivity index (χ2v) is 5.82. The van der Waals surface area contributed by atoms with Gasteiger partial charge in [0.15, 0.2) is 0 Å². The fourth-order valence-corrected chi connectivity index (χ4v) is 2.41. The van der Waals surface area contributed by atoms with Gasteiger partial charge in [0.1, 0.15) is 6.61 Å².